The van der Waals surface area contributed by atoms with Crippen molar-refractivity contribution in [2.24, 2.45) is 0 Å². The van der Waals surface area contributed by atoms with Gasteiger partial charge in [0.05, 0.1) is 6.61 Å². The molecule has 78 valence electrons. The summed E-state index contributed by atoms with van der Waals surface area (Å²) in [6, 6.07) is 7.39. The maximum atomic E-state index is 9.53. The van der Waals surface area contributed by atoms with Gasteiger partial charge in [-0.3, -0.25) is 4.90 Å². The topological polar surface area (TPSA) is 32.7 Å². The molecule has 0 saturated heterocycles. The molecule has 1 rings (SSSR count). The molecule has 0 spiro atoms. The number of rotatable bonds is 5. The van der Waals surface area contributed by atoms with Crippen LogP contribution < -0.4 is 0 Å². The molecule has 3 heteroatoms. The van der Waals surface area contributed by atoms with Crippen LogP contribution in [0.3, 0.4) is 0 Å². The Morgan fingerprint density at radius 2 is 2.07 bits per heavy atom. The lowest BCUT2D eigenvalue weighted by atomic mass is 10.2. The van der Waals surface area contributed by atoms with Gasteiger partial charge < -0.3 is 9.84 Å². The largest absolute Gasteiger partial charge is 0.508 e. The first kappa shape index (κ1) is 11.0. The molecule has 0 saturated carbocycles. The number of ether oxygens (including phenoxy) is 1. The summed E-state index contributed by atoms with van der Waals surface area (Å²) in [5.41, 5.74) is 0.950. The van der Waals surface area contributed by atoms with Gasteiger partial charge in [0, 0.05) is 25.8 Å². The van der Waals surface area contributed by atoms with Crippen molar-refractivity contribution >= 4 is 0 Å². The Morgan fingerprint density at radius 3 is 2.71 bits per heavy atom. The van der Waals surface area contributed by atoms with Crippen molar-refractivity contribution < 1.29 is 9.84 Å². The summed E-state index contributed by atoms with van der Waals surface area (Å²) >= 11 is 0. The summed E-state index contributed by atoms with van der Waals surface area (Å²) in [4.78, 5) is 2.11. The van der Waals surface area contributed by atoms with E-state index in [2.05, 4.69) is 4.90 Å². The Labute approximate surface area is 84.9 Å². The minimum atomic E-state index is 0.358. The molecular weight excluding hydrogens is 178 g/mol. The van der Waals surface area contributed by atoms with E-state index in [1.54, 1.807) is 13.2 Å². The number of nitrogens with zero attached hydrogens (tertiary/aromatic N) is 1. The summed E-state index contributed by atoms with van der Waals surface area (Å²) in [5.74, 6) is 0.358. The molecule has 0 aromatic heterocycles. The summed E-state index contributed by atoms with van der Waals surface area (Å²) in [6.45, 7) is 2.32. The lowest BCUT2D eigenvalue weighted by Gasteiger charge is -2.16. The second-order valence-corrected chi connectivity index (χ2v) is 3.36. The third-order valence-corrected chi connectivity index (χ3v) is 2.11. The van der Waals surface area contributed by atoms with Crippen molar-refractivity contribution in [2.45, 2.75) is 6.54 Å². The first-order valence-corrected chi connectivity index (χ1v) is 4.68. The summed E-state index contributed by atoms with van der Waals surface area (Å²) in [5, 5.41) is 9.53. The molecule has 1 aromatic rings. The van der Waals surface area contributed by atoms with Crippen molar-refractivity contribution in [3.05, 3.63) is 29.8 Å². The predicted octanol–water partition coefficient (Wildman–Crippen LogP) is 1.47. The molecule has 1 aromatic carbocycles. The van der Waals surface area contributed by atoms with Gasteiger partial charge in [-0.15, -0.1) is 0 Å². The molecule has 14 heavy (non-hydrogen) atoms. The molecular formula is C11H17NO2. The SMILES string of the molecule is COCCN(C)Cc1ccccc1O. The number of phenolic OH excluding ortho intramolecular Hbond substituents is 1. The average molecular weight is 195 g/mol. The monoisotopic (exact) mass is 195 g/mol. The van der Waals surface area contributed by atoms with Crippen molar-refractivity contribution in [2.75, 3.05) is 27.3 Å². The molecule has 0 bridgehead atoms. The first-order valence-electron chi connectivity index (χ1n) is 4.68. The van der Waals surface area contributed by atoms with Gasteiger partial charge in [-0.05, 0) is 13.1 Å². The van der Waals surface area contributed by atoms with Crippen LogP contribution in [0.2, 0.25) is 0 Å². The number of phenols is 1. The van der Waals surface area contributed by atoms with E-state index in [1.165, 1.54) is 0 Å². The molecule has 0 aliphatic rings. The fourth-order valence-electron chi connectivity index (χ4n) is 1.26. The van der Waals surface area contributed by atoms with Gasteiger partial charge in [-0.25, -0.2) is 0 Å². The van der Waals surface area contributed by atoms with Crippen LogP contribution in [0.5, 0.6) is 5.75 Å². The second kappa shape index (κ2) is 5.62. The molecule has 3 nitrogen and oxygen atoms in total. The van der Waals surface area contributed by atoms with Crippen LogP contribution in [0.15, 0.2) is 24.3 Å². The predicted molar refractivity (Wildman–Crippen MR) is 56.3 cm³/mol. The number of benzene rings is 1. The Bertz CT molecular complexity index is 276. The minimum Gasteiger partial charge on any atom is -0.508 e. The van der Waals surface area contributed by atoms with Crippen LogP contribution in [0.25, 0.3) is 0 Å². The van der Waals surface area contributed by atoms with E-state index in [9.17, 15) is 5.11 Å². The second-order valence-electron chi connectivity index (χ2n) is 3.36. The van der Waals surface area contributed by atoms with Gasteiger partial charge in [0.1, 0.15) is 5.75 Å². The summed E-state index contributed by atoms with van der Waals surface area (Å²) in [7, 11) is 3.69. The molecule has 0 amide bonds. The van der Waals surface area contributed by atoms with Crippen LogP contribution in [0.4, 0.5) is 0 Å². The fourth-order valence-corrected chi connectivity index (χ4v) is 1.26. The molecule has 0 unspecified atom stereocenters. The molecule has 0 heterocycles. The fraction of sp³-hybridized carbons (Fsp3) is 0.455. The average Bonchev–Trinajstić information content (AvgIpc) is 2.18. The highest BCUT2D eigenvalue weighted by Gasteiger charge is 2.03. The lowest BCUT2D eigenvalue weighted by molar-refractivity contribution is 0.158. The van der Waals surface area contributed by atoms with Crippen LogP contribution in [-0.2, 0) is 11.3 Å². The standard InChI is InChI=1S/C11H17NO2/c1-12(7-8-14-2)9-10-5-3-4-6-11(10)13/h3-6,13H,7-9H2,1-2H3. The smallest absolute Gasteiger partial charge is 0.120 e. The third kappa shape index (κ3) is 3.36. The first-order chi connectivity index (χ1) is 6.74. The Balaban J connectivity index is 2.47. The van der Waals surface area contributed by atoms with E-state index in [4.69, 9.17) is 4.74 Å². The number of likely N-dealkylation sites (N-methyl/N-ethyl adjacent to an activating group) is 1. The van der Waals surface area contributed by atoms with Crippen LogP contribution in [0, 0.1) is 0 Å². The normalized spacial score (nSPS) is 10.8. The van der Waals surface area contributed by atoms with E-state index in [-0.39, 0.29) is 0 Å². The Kier molecular flexibility index (Phi) is 4.43. The zero-order valence-corrected chi connectivity index (χ0v) is 8.73. The van der Waals surface area contributed by atoms with Gasteiger partial charge >= 0.3 is 0 Å². The Hall–Kier alpha value is -1.06. The number of methoxy groups -OCH3 is 1. The van der Waals surface area contributed by atoms with Gasteiger partial charge in [0.25, 0.3) is 0 Å². The van der Waals surface area contributed by atoms with Crippen molar-refractivity contribution in [3.8, 4) is 5.75 Å². The highest BCUT2D eigenvalue weighted by Crippen LogP contribution is 2.16. The number of aromatic hydroxyl groups is 1. The zero-order valence-electron chi connectivity index (χ0n) is 8.73. The van der Waals surface area contributed by atoms with E-state index >= 15 is 0 Å². The maximum absolute atomic E-state index is 9.53. The van der Waals surface area contributed by atoms with Crippen LogP contribution in [-0.4, -0.2) is 37.3 Å². The van der Waals surface area contributed by atoms with E-state index in [0.29, 0.717) is 12.4 Å². The number of para-hydroxylation sites is 1. The highest BCUT2D eigenvalue weighted by molar-refractivity contribution is 5.31. The third-order valence-electron chi connectivity index (χ3n) is 2.11. The van der Waals surface area contributed by atoms with Gasteiger partial charge in [0.15, 0.2) is 0 Å². The van der Waals surface area contributed by atoms with Gasteiger partial charge in [-0.1, -0.05) is 18.2 Å². The van der Waals surface area contributed by atoms with Crippen LogP contribution >= 0.6 is 0 Å². The van der Waals surface area contributed by atoms with Crippen molar-refractivity contribution in [3.63, 3.8) is 0 Å². The molecule has 0 fully saturated rings. The van der Waals surface area contributed by atoms with Gasteiger partial charge in [-0.2, -0.15) is 0 Å². The van der Waals surface area contributed by atoms with Gasteiger partial charge in [0.2, 0.25) is 0 Å². The zero-order chi connectivity index (χ0) is 10.4. The lowest BCUT2D eigenvalue weighted by Crippen LogP contribution is -2.22. The molecule has 0 radical (unpaired) electrons. The van der Waals surface area contributed by atoms with E-state index < -0.39 is 0 Å². The molecule has 1 N–H and O–H groups in total. The van der Waals surface area contributed by atoms with Crippen molar-refractivity contribution in [1.82, 2.24) is 4.90 Å². The van der Waals surface area contributed by atoms with Crippen molar-refractivity contribution in [1.29, 1.82) is 0 Å². The summed E-state index contributed by atoms with van der Waals surface area (Å²) < 4.78 is 4.98. The highest BCUT2D eigenvalue weighted by atomic mass is 16.5. The van der Waals surface area contributed by atoms with Crippen LogP contribution in [0.1, 0.15) is 5.56 Å². The number of hydrogen-bond acceptors (Lipinski definition) is 3. The Morgan fingerprint density at radius 1 is 1.36 bits per heavy atom. The minimum absolute atomic E-state index is 0.358. The number of hydrogen-bond donors (Lipinski definition) is 1. The molecule has 0 aliphatic carbocycles. The van der Waals surface area contributed by atoms with E-state index in [0.717, 1.165) is 18.7 Å². The quantitative estimate of drug-likeness (QED) is 0.772. The molecule has 0 aliphatic heterocycles. The maximum Gasteiger partial charge on any atom is 0.120 e. The van der Waals surface area contributed by atoms with E-state index in [1.807, 2.05) is 25.2 Å². The molecule has 0 atom stereocenters. The summed E-state index contributed by atoms with van der Waals surface area (Å²) in [6.07, 6.45) is 0.